The van der Waals surface area contributed by atoms with Gasteiger partial charge in [-0.05, 0) is 19.4 Å². The van der Waals surface area contributed by atoms with Gasteiger partial charge in [0.1, 0.15) is 12.6 Å². The SMILES string of the molecule is Cc1cnc(CN2C(=O)CN(Cc3ccccc3)C(=O)[C@H]2C)cn1. The first-order valence-electron chi connectivity index (χ1n) is 7.94. The molecule has 6 heteroatoms. The van der Waals surface area contributed by atoms with Crippen molar-refractivity contribution < 1.29 is 9.59 Å². The van der Waals surface area contributed by atoms with Gasteiger partial charge >= 0.3 is 0 Å². The predicted octanol–water partition coefficient (Wildman–Crippen LogP) is 1.54. The Morgan fingerprint density at radius 2 is 1.83 bits per heavy atom. The molecular formula is C18H20N4O2. The molecule has 0 saturated carbocycles. The van der Waals surface area contributed by atoms with Crippen molar-refractivity contribution in [3.63, 3.8) is 0 Å². The Morgan fingerprint density at radius 3 is 2.50 bits per heavy atom. The van der Waals surface area contributed by atoms with E-state index in [1.807, 2.05) is 37.3 Å². The fourth-order valence-electron chi connectivity index (χ4n) is 2.78. The third kappa shape index (κ3) is 3.42. The second-order valence-electron chi connectivity index (χ2n) is 6.03. The van der Waals surface area contributed by atoms with Crippen LogP contribution in [0.4, 0.5) is 0 Å². The van der Waals surface area contributed by atoms with Gasteiger partial charge in [-0.2, -0.15) is 0 Å². The fraction of sp³-hybridized carbons (Fsp3) is 0.333. The molecule has 0 spiro atoms. The smallest absolute Gasteiger partial charge is 0.245 e. The molecule has 1 aliphatic heterocycles. The summed E-state index contributed by atoms with van der Waals surface area (Å²) in [5.41, 5.74) is 2.52. The number of rotatable bonds is 4. The molecule has 3 rings (SSSR count). The maximum atomic E-state index is 12.6. The number of benzene rings is 1. The lowest BCUT2D eigenvalue weighted by Crippen LogP contribution is -2.58. The van der Waals surface area contributed by atoms with Gasteiger partial charge in [-0.25, -0.2) is 0 Å². The fourth-order valence-corrected chi connectivity index (χ4v) is 2.78. The Bertz CT molecular complexity index is 730. The normalized spacial score (nSPS) is 18.2. The second kappa shape index (κ2) is 6.78. The van der Waals surface area contributed by atoms with E-state index in [2.05, 4.69) is 9.97 Å². The maximum absolute atomic E-state index is 12.6. The predicted molar refractivity (Wildman–Crippen MR) is 88.6 cm³/mol. The second-order valence-corrected chi connectivity index (χ2v) is 6.03. The summed E-state index contributed by atoms with van der Waals surface area (Å²) in [6.07, 6.45) is 3.31. The first kappa shape index (κ1) is 16.1. The highest BCUT2D eigenvalue weighted by atomic mass is 16.2. The molecule has 1 aliphatic rings. The first-order valence-corrected chi connectivity index (χ1v) is 7.94. The number of carbonyl (C=O) groups excluding carboxylic acids is 2. The van der Waals surface area contributed by atoms with Crippen LogP contribution in [-0.2, 0) is 22.7 Å². The van der Waals surface area contributed by atoms with Crippen molar-refractivity contribution in [3.8, 4) is 0 Å². The number of hydrogen-bond donors (Lipinski definition) is 0. The zero-order valence-electron chi connectivity index (χ0n) is 13.8. The molecule has 0 bridgehead atoms. The molecule has 2 aromatic rings. The Hall–Kier alpha value is -2.76. The van der Waals surface area contributed by atoms with E-state index in [-0.39, 0.29) is 18.4 Å². The highest BCUT2D eigenvalue weighted by Gasteiger charge is 2.36. The molecule has 0 aliphatic carbocycles. The van der Waals surface area contributed by atoms with E-state index in [9.17, 15) is 9.59 Å². The third-order valence-electron chi connectivity index (χ3n) is 4.17. The van der Waals surface area contributed by atoms with Crippen molar-refractivity contribution >= 4 is 11.8 Å². The molecule has 1 saturated heterocycles. The van der Waals surface area contributed by atoms with Gasteiger partial charge < -0.3 is 9.80 Å². The molecule has 1 aromatic carbocycles. The van der Waals surface area contributed by atoms with Crippen molar-refractivity contribution in [2.45, 2.75) is 33.0 Å². The van der Waals surface area contributed by atoms with Crippen LogP contribution in [0.3, 0.4) is 0 Å². The zero-order chi connectivity index (χ0) is 17.1. The van der Waals surface area contributed by atoms with Gasteiger partial charge in [0.05, 0.1) is 24.1 Å². The first-order chi connectivity index (χ1) is 11.5. The summed E-state index contributed by atoms with van der Waals surface area (Å²) in [7, 11) is 0. The van der Waals surface area contributed by atoms with Crippen LogP contribution in [0.1, 0.15) is 23.9 Å². The monoisotopic (exact) mass is 324 g/mol. The van der Waals surface area contributed by atoms with Crippen molar-refractivity contribution in [2.24, 2.45) is 0 Å². The number of piperazine rings is 1. The average Bonchev–Trinajstić information content (AvgIpc) is 2.59. The van der Waals surface area contributed by atoms with E-state index < -0.39 is 6.04 Å². The van der Waals surface area contributed by atoms with Gasteiger partial charge in [0.2, 0.25) is 11.8 Å². The van der Waals surface area contributed by atoms with E-state index >= 15 is 0 Å². The number of aromatic nitrogens is 2. The van der Waals surface area contributed by atoms with Crippen LogP contribution in [0.25, 0.3) is 0 Å². The Labute approximate surface area is 141 Å². The standard InChI is InChI=1S/C18H20N4O2/c1-13-8-20-16(9-19-13)11-22-14(2)18(24)21(12-17(22)23)10-15-6-4-3-5-7-15/h3-9,14H,10-12H2,1-2H3/t14-/m1/s1. The topological polar surface area (TPSA) is 66.4 Å². The highest BCUT2D eigenvalue weighted by molar-refractivity contribution is 5.94. The molecule has 124 valence electrons. The van der Waals surface area contributed by atoms with Crippen LogP contribution < -0.4 is 0 Å². The minimum Gasteiger partial charge on any atom is -0.327 e. The Kier molecular flexibility index (Phi) is 4.55. The zero-order valence-corrected chi connectivity index (χ0v) is 13.8. The quantitative estimate of drug-likeness (QED) is 0.856. The van der Waals surface area contributed by atoms with E-state index in [0.29, 0.717) is 18.8 Å². The van der Waals surface area contributed by atoms with Crippen LogP contribution in [0.2, 0.25) is 0 Å². The third-order valence-corrected chi connectivity index (χ3v) is 4.17. The van der Waals surface area contributed by atoms with Crippen LogP contribution in [0.15, 0.2) is 42.7 Å². The number of nitrogens with zero attached hydrogens (tertiary/aromatic N) is 4. The molecule has 1 fully saturated rings. The van der Waals surface area contributed by atoms with Crippen molar-refractivity contribution in [3.05, 3.63) is 59.7 Å². The minimum absolute atomic E-state index is 0.0430. The van der Waals surface area contributed by atoms with Gasteiger partial charge in [-0.3, -0.25) is 19.6 Å². The van der Waals surface area contributed by atoms with Gasteiger partial charge in [0.15, 0.2) is 0 Å². The number of aryl methyl sites for hydroxylation is 1. The van der Waals surface area contributed by atoms with Gasteiger partial charge in [-0.15, -0.1) is 0 Å². The summed E-state index contributed by atoms with van der Waals surface area (Å²) in [4.78, 5) is 36.8. The van der Waals surface area contributed by atoms with Crippen molar-refractivity contribution in [1.82, 2.24) is 19.8 Å². The molecule has 0 radical (unpaired) electrons. The lowest BCUT2D eigenvalue weighted by atomic mass is 10.1. The summed E-state index contributed by atoms with van der Waals surface area (Å²) in [5.74, 6) is -0.112. The Morgan fingerprint density at radius 1 is 1.08 bits per heavy atom. The molecule has 1 aromatic heterocycles. The molecule has 0 N–H and O–H groups in total. The summed E-state index contributed by atoms with van der Waals surface area (Å²) in [5, 5.41) is 0. The molecule has 2 amide bonds. The lowest BCUT2D eigenvalue weighted by molar-refractivity contribution is -0.156. The molecule has 0 unspecified atom stereocenters. The van der Waals surface area contributed by atoms with Crippen LogP contribution in [0.5, 0.6) is 0 Å². The number of carbonyl (C=O) groups is 2. The van der Waals surface area contributed by atoms with Crippen LogP contribution in [-0.4, -0.2) is 44.2 Å². The van der Waals surface area contributed by atoms with E-state index in [1.165, 1.54) is 0 Å². The Balaban J connectivity index is 1.71. The van der Waals surface area contributed by atoms with Crippen molar-refractivity contribution in [1.29, 1.82) is 0 Å². The number of amides is 2. The maximum Gasteiger partial charge on any atom is 0.245 e. The summed E-state index contributed by atoms with van der Waals surface area (Å²) in [6.45, 7) is 4.47. The lowest BCUT2D eigenvalue weighted by Gasteiger charge is -2.38. The van der Waals surface area contributed by atoms with Gasteiger partial charge in [0, 0.05) is 12.7 Å². The van der Waals surface area contributed by atoms with Crippen molar-refractivity contribution in [2.75, 3.05) is 6.54 Å². The number of hydrogen-bond acceptors (Lipinski definition) is 4. The molecule has 2 heterocycles. The molecule has 1 atom stereocenters. The minimum atomic E-state index is -0.502. The van der Waals surface area contributed by atoms with E-state index in [0.717, 1.165) is 11.3 Å². The van der Waals surface area contributed by atoms with Gasteiger partial charge in [-0.1, -0.05) is 30.3 Å². The largest absolute Gasteiger partial charge is 0.327 e. The van der Waals surface area contributed by atoms with Crippen LogP contribution >= 0.6 is 0 Å². The van der Waals surface area contributed by atoms with E-state index in [4.69, 9.17) is 0 Å². The molecular weight excluding hydrogens is 304 g/mol. The summed E-state index contributed by atoms with van der Waals surface area (Å²) >= 11 is 0. The molecule has 24 heavy (non-hydrogen) atoms. The van der Waals surface area contributed by atoms with Gasteiger partial charge in [0.25, 0.3) is 0 Å². The summed E-state index contributed by atoms with van der Waals surface area (Å²) < 4.78 is 0. The highest BCUT2D eigenvalue weighted by Crippen LogP contribution is 2.17. The van der Waals surface area contributed by atoms with E-state index in [1.54, 1.807) is 29.1 Å². The molecule has 6 nitrogen and oxygen atoms in total. The average molecular weight is 324 g/mol. The summed E-state index contributed by atoms with van der Waals surface area (Å²) in [6, 6.07) is 9.19. The van der Waals surface area contributed by atoms with Crippen LogP contribution in [0, 0.1) is 6.92 Å².